The third-order valence-corrected chi connectivity index (χ3v) is 5.90. The van der Waals surface area contributed by atoms with Crippen molar-refractivity contribution in [2.45, 2.75) is 39.3 Å². The molecule has 1 unspecified atom stereocenters. The SMILES string of the molecule is CCN(CC)C(=O)COC1CN(CC2CC2)CC(=O)N(Cc2ccc(OC)cc2)C1. The average Bonchev–Trinajstić information content (AvgIpc) is 3.57. The molecule has 0 bridgehead atoms. The Balaban J connectivity index is 1.65. The van der Waals surface area contributed by atoms with Crippen LogP contribution in [0.3, 0.4) is 0 Å². The van der Waals surface area contributed by atoms with E-state index < -0.39 is 0 Å². The van der Waals surface area contributed by atoms with Crippen molar-refractivity contribution >= 4 is 11.8 Å². The molecule has 0 spiro atoms. The molecule has 1 aromatic carbocycles. The number of methoxy groups -OCH3 is 1. The zero-order chi connectivity index (χ0) is 21.5. The number of carbonyl (C=O) groups is 2. The van der Waals surface area contributed by atoms with Crippen molar-refractivity contribution in [1.82, 2.24) is 14.7 Å². The largest absolute Gasteiger partial charge is 0.497 e. The molecule has 2 aliphatic rings. The minimum absolute atomic E-state index is 0.00557. The average molecular weight is 418 g/mol. The first-order chi connectivity index (χ1) is 14.5. The summed E-state index contributed by atoms with van der Waals surface area (Å²) in [5.41, 5.74) is 1.05. The Bertz CT molecular complexity index is 701. The number of rotatable bonds is 10. The molecule has 30 heavy (non-hydrogen) atoms. The molecule has 1 atom stereocenters. The van der Waals surface area contributed by atoms with Crippen LogP contribution >= 0.6 is 0 Å². The summed E-state index contributed by atoms with van der Waals surface area (Å²) in [6.45, 7) is 8.43. The zero-order valence-electron chi connectivity index (χ0n) is 18.5. The third-order valence-electron chi connectivity index (χ3n) is 5.90. The molecule has 1 aromatic rings. The molecule has 1 aliphatic heterocycles. The summed E-state index contributed by atoms with van der Waals surface area (Å²) in [6.07, 6.45) is 2.31. The van der Waals surface area contributed by atoms with Crippen LogP contribution in [0.25, 0.3) is 0 Å². The maximum atomic E-state index is 13.0. The summed E-state index contributed by atoms with van der Waals surface area (Å²) >= 11 is 0. The predicted octanol–water partition coefficient (Wildman–Crippen LogP) is 2.00. The fraction of sp³-hybridized carbons (Fsp3) is 0.652. The summed E-state index contributed by atoms with van der Waals surface area (Å²) in [6, 6.07) is 7.79. The predicted molar refractivity (Wildman–Crippen MR) is 115 cm³/mol. The van der Waals surface area contributed by atoms with Gasteiger partial charge in [-0.05, 0) is 50.3 Å². The van der Waals surface area contributed by atoms with Gasteiger partial charge in [-0.2, -0.15) is 0 Å². The number of carbonyl (C=O) groups excluding carboxylic acids is 2. The maximum Gasteiger partial charge on any atom is 0.248 e. The standard InChI is InChI=1S/C23H35N3O4/c1-4-25(5-2)23(28)17-30-21-14-24(12-18-6-7-18)16-22(27)26(15-21)13-19-8-10-20(29-3)11-9-19/h8-11,18,21H,4-7,12-17H2,1-3H3. The van der Waals surface area contributed by atoms with E-state index in [9.17, 15) is 9.59 Å². The summed E-state index contributed by atoms with van der Waals surface area (Å²) < 4.78 is 11.3. The number of ether oxygens (including phenoxy) is 2. The van der Waals surface area contributed by atoms with E-state index >= 15 is 0 Å². The second kappa shape index (κ2) is 10.8. The van der Waals surface area contributed by atoms with Gasteiger partial charge in [-0.3, -0.25) is 14.5 Å². The Labute approximate surface area is 179 Å². The molecule has 7 nitrogen and oxygen atoms in total. The fourth-order valence-electron chi connectivity index (χ4n) is 3.92. The van der Waals surface area contributed by atoms with Gasteiger partial charge in [-0.1, -0.05) is 12.1 Å². The Morgan fingerprint density at radius 3 is 2.43 bits per heavy atom. The van der Waals surface area contributed by atoms with Gasteiger partial charge in [0.15, 0.2) is 0 Å². The topological polar surface area (TPSA) is 62.3 Å². The molecule has 7 heteroatoms. The van der Waals surface area contributed by atoms with Crippen molar-refractivity contribution in [2.24, 2.45) is 5.92 Å². The monoisotopic (exact) mass is 417 g/mol. The number of hydrogen-bond donors (Lipinski definition) is 0. The van der Waals surface area contributed by atoms with Crippen LogP contribution in [0.4, 0.5) is 0 Å². The Morgan fingerprint density at radius 2 is 1.83 bits per heavy atom. The van der Waals surface area contributed by atoms with Crippen LogP contribution in [-0.2, 0) is 20.9 Å². The first-order valence-electron chi connectivity index (χ1n) is 11.0. The number of likely N-dealkylation sites (N-methyl/N-ethyl adjacent to an activating group) is 1. The molecule has 3 rings (SSSR count). The molecule has 0 radical (unpaired) electrons. The van der Waals surface area contributed by atoms with E-state index in [4.69, 9.17) is 9.47 Å². The van der Waals surface area contributed by atoms with Crippen LogP contribution in [0.5, 0.6) is 5.75 Å². The van der Waals surface area contributed by atoms with E-state index in [-0.39, 0.29) is 24.5 Å². The summed E-state index contributed by atoms with van der Waals surface area (Å²) in [4.78, 5) is 31.2. The lowest BCUT2D eigenvalue weighted by Crippen LogP contribution is -2.40. The van der Waals surface area contributed by atoms with Crippen molar-refractivity contribution in [3.8, 4) is 5.75 Å². The lowest BCUT2D eigenvalue weighted by Gasteiger charge is -2.26. The van der Waals surface area contributed by atoms with E-state index in [1.165, 1.54) is 12.8 Å². The molecule has 2 fully saturated rings. The third kappa shape index (κ3) is 6.44. The molecule has 1 heterocycles. The van der Waals surface area contributed by atoms with Gasteiger partial charge in [-0.15, -0.1) is 0 Å². The zero-order valence-corrected chi connectivity index (χ0v) is 18.5. The molecular formula is C23H35N3O4. The molecule has 166 valence electrons. The van der Waals surface area contributed by atoms with E-state index in [2.05, 4.69) is 4.90 Å². The van der Waals surface area contributed by atoms with Crippen LogP contribution in [-0.4, -0.2) is 85.6 Å². The summed E-state index contributed by atoms with van der Waals surface area (Å²) in [7, 11) is 1.64. The van der Waals surface area contributed by atoms with Gasteiger partial charge in [0, 0.05) is 39.3 Å². The van der Waals surface area contributed by atoms with Crippen LogP contribution in [0.1, 0.15) is 32.3 Å². The molecule has 1 saturated carbocycles. The summed E-state index contributed by atoms with van der Waals surface area (Å²) in [5.74, 6) is 1.62. The van der Waals surface area contributed by atoms with Crippen molar-refractivity contribution in [1.29, 1.82) is 0 Å². The van der Waals surface area contributed by atoms with Crippen molar-refractivity contribution in [3.05, 3.63) is 29.8 Å². The maximum absolute atomic E-state index is 13.0. The Kier molecular flexibility index (Phi) is 8.10. The number of hydrogen-bond acceptors (Lipinski definition) is 5. The molecule has 1 aliphatic carbocycles. The highest BCUT2D eigenvalue weighted by atomic mass is 16.5. The molecule has 1 saturated heterocycles. The molecule has 0 N–H and O–H groups in total. The van der Waals surface area contributed by atoms with E-state index in [1.54, 1.807) is 12.0 Å². The fourth-order valence-corrected chi connectivity index (χ4v) is 3.92. The normalized spacial score (nSPS) is 20.2. The van der Waals surface area contributed by atoms with Crippen molar-refractivity contribution in [3.63, 3.8) is 0 Å². The van der Waals surface area contributed by atoms with Gasteiger partial charge >= 0.3 is 0 Å². The van der Waals surface area contributed by atoms with Crippen LogP contribution in [0.15, 0.2) is 24.3 Å². The van der Waals surface area contributed by atoms with Gasteiger partial charge in [0.05, 0.1) is 19.8 Å². The molecule has 0 aromatic heterocycles. The number of benzene rings is 1. The number of nitrogens with zero attached hydrogens (tertiary/aromatic N) is 3. The Morgan fingerprint density at radius 1 is 1.13 bits per heavy atom. The minimum atomic E-state index is -0.173. The van der Waals surface area contributed by atoms with Gasteiger partial charge in [0.1, 0.15) is 12.4 Å². The highest BCUT2D eigenvalue weighted by Crippen LogP contribution is 2.30. The second-order valence-corrected chi connectivity index (χ2v) is 8.26. The van der Waals surface area contributed by atoms with Crippen LogP contribution < -0.4 is 4.74 Å². The van der Waals surface area contributed by atoms with Gasteiger partial charge in [0.25, 0.3) is 0 Å². The van der Waals surface area contributed by atoms with Gasteiger partial charge < -0.3 is 19.3 Å². The number of amides is 2. The smallest absolute Gasteiger partial charge is 0.248 e. The first kappa shape index (κ1) is 22.6. The van der Waals surface area contributed by atoms with E-state index in [1.807, 2.05) is 43.0 Å². The highest BCUT2D eigenvalue weighted by molar-refractivity contribution is 5.79. The Hall–Kier alpha value is -2.12. The van der Waals surface area contributed by atoms with Gasteiger partial charge in [0.2, 0.25) is 11.8 Å². The minimum Gasteiger partial charge on any atom is -0.497 e. The van der Waals surface area contributed by atoms with Gasteiger partial charge in [-0.25, -0.2) is 0 Å². The lowest BCUT2D eigenvalue weighted by atomic mass is 10.2. The van der Waals surface area contributed by atoms with Crippen LogP contribution in [0, 0.1) is 5.92 Å². The quantitative estimate of drug-likeness (QED) is 0.583. The lowest BCUT2D eigenvalue weighted by molar-refractivity contribution is -0.138. The summed E-state index contributed by atoms with van der Waals surface area (Å²) in [5, 5.41) is 0. The second-order valence-electron chi connectivity index (χ2n) is 8.26. The highest BCUT2D eigenvalue weighted by Gasteiger charge is 2.32. The molecular weight excluding hydrogens is 382 g/mol. The van der Waals surface area contributed by atoms with E-state index in [0.29, 0.717) is 45.2 Å². The first-order valence-corrected chi connectivity index (χ1v) is 11.0. The van der Waals surface area contributed by atoms with Crippen molar-refractivity contribution in [2.75, 3.05) is 53.0 Å². The van der Waals surface area contributed by atoms with Crippen molar-refractivity contribution < 1.29 is 19.1 Å². The van der Waals surface area contributed by atoms with Crippen LogP contribution in [0.2, 0.25) is 0 Å². The van der Waals surface area contributed by atoms with E-state index in [0.717, 1.165) is 17.9 Å². The molecule has 2 amide bonds.